The molecule has 2 aromatic rings. The third-order valence-electron chi connectivity index (χ3n) is 5.84. The number of unbranched alkanes of at least 4 members (excludes halogenated alkanes) is 2. The third kappa shape index (κ3) is 7.61. The van der Waals surface area contributed by atoms with Gasteiger partial charge in [0.1, 0.15) is 0 Å². The zero-order valence-electron chi connectivity index (χ0n) is 20.4. The molecule has 0 aliphatic rings. The molecule has 0 aliphatic heterocycles. The highest BCUT2D eigenvalue weighted by molar-refractivity contribution is 5.43. The average molecular weight is 445 g/mol. The van der Waals surface area contributed by atoms with Crippen molar-refractivity contribution >= 4 is 0 Å². The standard InChI is InChI=1S/C26H40N2O4/c1-6-7-8-9-26(27)28(16-14-20-10-12-22(29-2)24(18-20)31-4)17-15-21-11-13-23(30-3)25(19-21)32-5/h10-13,18-19,26H,6-9,14-17,27H2,1-5H3. The fourth-order valence-electron chi connectivity index (χ4n) is 3.85. The number of benzene rings is 2. The van der Waals surface area contributed by atoms with Crippen LogP contribution in [0.2, 0.25) is 0 Å². The summed E-state index contributed by atoms with van der Waals surface area (Å²) in [6.45, 7) is 3.99. The van der Waals surface area contributed by atoms with Crippen LogP contribution in [0.3, 0.4) is 0 Å². The summed E-state index contributed by atoms with van der Waals surface area (Å²) < 4.78 is 21.6. The fourth-order valence-corrected chi connectivity index (χ4v) is 3.85. The number of methoxy groups -OCH3 is 4. The van der Waals surface area contributed by atoms with E-state index in [1.165, 1.54) is 24.0 Å². The lowest BCUT2D eigenvalue weighted by atomic mass is 10.1. The van der Waals surface area contributed by atoms with Gasteiger partial charge in [0.2, 0.25) is 0 Å². The second kappa shape index (κ2) is 13.9. The predicted molar refractivity (Wildman–Crippen MR) is 130 cm³/mol. The first-order chi connectivity index (χ1) is 15.6. The Kier molecular flexibility index (Phi) is 11.2. The molecule has 6 heteroatoms. The highest BCUT2D eigenvalue weighted by atomic mass is 16.5. The van der Waals surface area contributed by atoms with Crippen LogP contribution in [-0.4, -0.2) is 52.6 Å². The smallest absolute Gasteiger partial charge is 0.160 e. The zero-order chi connectivity index (χ0) is 23.3. The second-order valence-electron chi connectivity index (χ2n) is 7.98. The summed E-state index contributed by atoms with van der Waals surface area (Å²) in [6, 6.07) is 12.2. The van der Waals surface area contributed by atoms with Gasteiger partial charge in [-0.25, -0.2) is 0 Å². The van der Waals surface area contributed by atoms with E-state index in [1.807, 2.05) is 24.3 Å². The van der Waals surface area contributed by atoms with Crippen molar-refractivity contribution < 1.29 is 18.9 Å². The van der Waals surface area contributed by atoms with Crippen molar-refractivity contribution in [1.29, 1.82) is 0 Å². The molecule has 0 fully saturated rings. The Morgan fingerprint density at radius 1 is 0.719 bits per heavy atom. The number of ether oxygens (including phenoxy) is 4. The SMILES string of the molecule is CCCCCC(N)N(CCc1ccc(OC)c(OC)c1)CCc1ccc(OC)c(OC)c1. The molecule has 178 valence electrons. The van der Waals surface area contributed by atoms with Gasteiger partial charge in [-0.3, -0.25) is 4.90 Å². The third-order valence-corrected chi connectivity index (χ3v) is 5.84. The lowest BCUT2D eigenvalue weighted by Crippen LogP contribution is -2.44. The number of nitrogens with zero attached hydrogens (tertiary/aromatic N) is 1. The number of nitrogens with two attached hydrogens (primary N) is 1. The molecule has 1 unspecified atom stereocenters. The molecule has 2 rings (SSSR count). The van der Waals surface area contributed by atoms with Crippen LogP contribution in [0, 0.1) is 0 Å². The molecule has 0 heterocycles. The quantitative estimate of drug-likeness (QED) is 0.318. The van der Waals surface area contributed by atoms with Crippen LogP contribution in [0.25, 0.3) is 0 Å². The molecule has 0 aromatic heterocycles. The van der Waals surface area contributed by atoms with Crippen LogP contribution < -0.4 is 24.7 Å². The second-order valence-corrected chi connectivity index (χ2v) is 7.98. The van der Waals surface area contributed by atoms with Gasteiger partial charge in [-0.2, -0.15) is 0 Å². The number of hydrogen-bond acceptors (Lipinski definition) is 6. The van der Waals surface area contributed by atoms with Gasteiger partial charge in [-0.15, -0.1) is 0 Å². The van der Waals surface area contributed by atoms with E-state index < -0.39 is 0 Å². The van der Waals surface area contributed by atoms with Crippen molar-refractivity contribution in [2.24, 2.45) is 5.73 Å². The van der Waals surface area contributed by atoms with Gasteiger partial charge >= 0.3 is 0 Å². The predicted octanol–water partition coefficient (Wildman–Crippen LogP) is 4.67. The van der Waals surface area contributed by atoms with Crippen LogP contribution in [0.1, 0.15) is 43.7 Å². The molecule has 0 bridgehead atoms. The molecular formula is C26H40N2O4. The number of hydrogen-bond donors (Lipinski definition) is 1. The Balaban J connectivity index is 2.07. The summed E-state index contributed by atoms with van der Waals surface area (Å²) >= 11 is 0. The van der Waals surface area contributed by atoms with Crippen LogP contribution in [0.4, 0.5) is 0 Å². The molecule has 2 N–H and O–H groups in total. The average Bonchev–Trinajstić information content (AvgIpc) is 2.83. The van der Waals surface area contributed by atoms with Crippen LogP contribution in [0.5, 0.6) is 23.0 Å². The molecule has 0 aliphatic carbocycles. The van der Waals surface area contributed by atoms with Gasteiger partial charge in [0.25, 0.3) is 0 Å². The summed E-state index contributed by atoms with van der Waals surface area (Å²) in [5, 5.41) is 0. The first kappa shape index (κ1) is 25.8. The summed E-state index contributed by atoms with van der Waals surface area (Å²) in [4.78, 5) is 2.39. The van der Waals surface area contributed by atoms with Crippen molar-refractivity contribution in [3.05, 3.63) is 47.5 Å². The van der Waals surface area contributed by atoms with E-state index in [9.17, 15) is 0 Å². The lowest BCUT2D eigenvalue weighted by molar-refractivity contribution is 0.191. The Morgan fingerprint density at radius 3 is 1.59 bits per heavy atom. The highest BCUT2D eigenvalue weighted by Gasteiger charge is 2.15. The summed E-state index contributed by atoms with van der Waals surface area (Å²) in [6.07, 6.45) is 6.41. The molecule has 32 heavy (non-hydrogen) atoms. The largest absolute Gasteiger partial charge is 0.493 e. The Labute approximate surface area is 193 Å². The lowest BCUT2D eigenvalue weighted by Gasteiger charge is -2.29. The maximum Gasteiger partial charge on any atom is 0.160 e. The van der Waals surface area contributed by atoms with E-state index >= 15 is 0 Å². The normalized spacial score (nSPS) is 12.0. The van der Waals surface area contributed by atoms with Crippen molar-refractivity contribution in [1.82, 2.24) is 4.90 Å². The van der Waals surface area contributed by atoms with E-state index in [1.54, 1.807) is 28.4 Å². The molecule has 2 aromatic carbocycles. The van der Waals surface area contributed by atoms with E-state index in [2.05, 4.69) is 24.0 Å². The van der Waals surface area contributed by atoms with Gasteiger partial charge in [-0.05, 0) is 54.7 Å². The Hall–Kier alpha value is -2.44. The monoisotopic (exact) mass is 444 g/mol. The zero-order valence-corrected chi connectivity index (χ0v) is 20.4. The summed E-state index contributed by atoms with van der Waals surface area (Å²) in [7, 11) is 6.65. The maximum atomic E-state index is 6.63. The molecule has 1 atom stereocenters. The topological polar surface area (TPSA) is 66.2 Å². The minimum absolute atomic E-state index is 0.0434. The first-order valence-electron chi connectivity index (χ1n) is 11.5. The van der Waals surface area contributed by atoms with Gasteiger partial charge in [0, 0.05) is 13.1 Å². The van der Waals surface area contributed by atoms with Crippen molar-refractivity contribution in [3.8, 4) is 23.0 Å². The molecule has 0 spiro atoms. The minimum atomic E-state index is 0.0434. The van der Waals surface area contributed by atoms with Crippen LogP contribution in [0.15, 0.2) is 36.4 Å². The first-order valence-corrected chi connectivity index (χ1v) is 11.5. The Morgan fingerprint density at radius 2 is 1.19 bits per heavy atom. The Bertz CT molecular complexity index is 753. The molecule has 0 saturated heterocycles. The molecule has 0 amide bonds. The number of rotatable bonds is 15. The summed E-state index contributed by atoms with van der Waals surface area (Å²) in [5.74, 6) is 3.01. The van der Waals surface area contributed by atoms with Gasteiger partial charge < -0.3 is 24.7 Å². The fraction of sp³-hybridized carbons (Fsp3) is 0.538. The van der Waals surface area contributed by atoms with Gasteiger partial charge in [0.15, 0.2) is 23.0 Å². The molecule has 0 radical (unpaired) electrons. The molecular weight excluding hydrogens is 404 g/mol. The van der Waals surface area contributed by atoms with Crippen molar-refractivity contribution in [2.45, 2.75) is 51.6 Å². The van der Waals surface area contributed by atoms with Gasteiger partial charge in [-0.1, -0.05) is 38.3 Å². The van der Waals surface area contributed by atoms with Crippen LogP contribution >= 0.6 is 0 Å². The van der Waals surface area contributed by atoms with E-state index in [0.717, 1.165) is 61.8 Å². The van der Waals surface area contributed by atoms with E-state index in [0.29, 0.717) is 0 Å². The van der Waals surface area contributed by atoms with E-state index in [4.69, 9.17) is 24.7 Å². The molecule has 6 nitrogen and oxygen atoms in total. The molecule has 0 saturated carbocycles. The van der Waals surface area contributed by atoms with E-state index in [-0.39, 0.29) is 6.17 Å². The highest BCUT2D eigenvalue weighted by Crippen LogP contribution is 2.29. The van der Waals surface area contributed by atoms with Crippen LogP contribution in [-0.2, 0) is 12.8 Å². The minimum Gasteiger partial charge on any atom is -0.493 e. The van der Waals surface area contributed by atoms with Gasteiger partial charge in [0.05, 0.1) is 34.6 Å². The van der Waals surface area contributed by atoms with Crippen molar-refractivity contribution in [3.63, 3.8) is 0 Å². The van der Waals surface area contributed by atoms with Crippen molar-refractivity contribution in [2.75, 3.05) is 41.5 Å². The summed E-state index contributed by atoms with van der Waals surface area (Å²) in [5.41, 5.74) is 9.04. The maximum absolute atomic E-state index is 6.63.